The predicted molar refractivity (Wildman–Crippen MR) is 145 cm³/mol. The molecule has 3 aromatic carbocycles. The van der Waals surface area contributed by atoms with E-state index in [9.17, 15) is 28.1 Å². The molecule has 198 valence electrons. The number of nitrogens with zero attached hydrogens (tertiary/aromatic N) is 3. The third kappa shape index (κ3) is 6.62. The van der Waals surface area contributed by atoms with Crippen LogP contribution in [0.15, 0.2) is 108 Å². The topological polar surface area (TPSA) is 152 Å². The summed E-state index contributed by atoms with van der Waals surface area (Å²) in [6.07, 6.45) is 3.23. The molecule has 0 saturated carbocycles. The van der Waals surface area contributed by atoms with Crippen molar-refractivity contribution in [1.29, 1.82) is 0 Å². The van der Waals surface area contributed by atoms with Gasteiger partial charge in [-0.15, -0.1) is 0 Å². The normalized spacial score (nSPS) is 10.9. The summed E-state index contributed by atoms with van der Waals surface area (Å²) in [6.45, 7) is -0.491. The Morgan fingerprint density at radius 3 is 2.38 bits per heavy atom. The number of hydrogen-bond acceptors (Lipinski definition) is 7. The molecule has 0 aliphatic heterocycles. The number of hydrogen-bond donors (Lipinski definition) is 2. The molecule has 0 atom stereocenters. The number of rotatable bonds is 10. The zero-order chi connectivity index (χ0) is 27.8. The van der Waals surface area contributed by atoms with Crippen LogP contribution in [0.3, 0.4) is 0 Å². The van der Waals surface area contributed by atoms with Crippen LogP contribution < -0.4 is 14.9 Å². The van der Waals surface area contributed by atoms with Crippen LogP contribution in [0.5, 0.6) is 0 Å². The van der Waals surface area contributed by atoms with E-state index in [0.717, 1.165) is 15.9 Å². The standard InChI is InChI=1S/C27H23N5O6S/c33-26(30-25-14-5-4-13-24(25)27(34)29-18-20-8-7-15-28-17-20)19-31(21-9-6-10-22(16-21)32(35)36)39(37,38)23-11-2-1-3-12-23/h1-17H,18-19H2,(H,29,34)(H,30,33). The first-order chi connectivity index (χ1) is 18.8. The SMILES string of the molecule is O=C(CN(c1cccc([N+](=O)[O-])c1)S(=O)(=O)c1ccccc1)Nc1ccccc1C(=O)NCc1cccnc1. The molecule has 0 bridgehead atoms. The molecule has 39 heavy (non-hydrogen) atoms. The summed E-state index contributed by atoms with van der Waals surface area (Å²) in [5.74, 6) is -1.21. The molecule has 1 heterocycles. The zero-order valence-corrected chi connectivity index (χ0v) is 21.2. The highest BCUT2D eigenvalue weighted by Crippen LogP contribution is 2.27. The molecule has 4 rings (SSSR count). The Balaban J connectivity index is 1.59. The number of non-ortho nitro benzene ring substituents is 1. The van der Waals surface area contributed by atoms with Gasteiger partial charge in [0.1, 0.15) is 6.54 Å². The predicted octanol–water partition coefficient (Wildman–Crippen LogP) is 3.75. The molecule has 2 amide bonds. The van der Waals surface area contributed by atoms with Crippen molar-refractivity contribution in [1.82, 2.24) is 10.3 Å². The molecule has 1 aromatic heterocycles. The van der Waals surface area contributed by atoms with Crippen LogP contribution in [0, 0.1) is 10.1 Å². The molecule has 11 nitrogen and oxygen atoms in total. The van der Waals surface area contributed by atoms with Crippen LogP contribution in [0.25, 0.3) is 0 Å². The summed E-state index contributed by atoms with van der Waals surface area (Å²) in [7, 11) is -4.28. The number of carbonyl (C=O) groups excluding carboxylic acids is 2. The van der Waals surface area contributed by atoms with E-state index >= 15 is 0 Å². The summed E-state index contributed by atoms with van der Waals surface area (Å²) >= 11 is 0. The molecular weight excluding hydrogens is 522 g/mol. The molecule has 0 aliphatic carbocycles. The van der Waals surface area contributed by atoms with Gasteiger partial charge in [0.15, 0.2) is 0 Å². The van der Waals surface area contributed by atoms with E-state index in [1.165, 1.54) is 54.6 Å². The van der Waals surface area contributed by atoms with Crippen molar-refractivity contribution in [3.63, 3.8) is 0 Å². The average molecular weight is 546 g/mol. The third-order valence-electron chi connectivity index (χ3n) is 5.57. The van der Waals surface area contributed by atoms with Gasteiger partial charge in [0, 0.05) is 31.1 Å². The number of para-hydroxylation sites is 1. The van der Waals surface area contributed by atoms with Crippen molar-refractivity contribution >= 4 is 38.9 Å². The fourth-order valence-corrected chi connectivity index (χ4v) is 5.12. The number of nitro benzene ring substituents is 1. The lowest BCUT2D eigenvalue weighted by atomic mass is 10.1. The van der Waals surface area contributed by atoms with Gasteiger partial charge in [-0.1, -0.05) is 42.5 Å². The zero-order valence-electron chi connectivity index (χ0n) is 20.4. The largest absolute Gasteiger partial charge is 0.348 e. The van der Waals surface area contributed by atoms with E-state index in [2.05, 4.69) is 15.6 Å². The van der Waals surface area contributed by atoms with Gasteiger partial charge >= 0.3 is 0 Å². The van der Waals surface area contributed by atoms with E-state index in [1.807, 2.05) is 0 Å². The molecule has 0 spiro atoms. The van der Waals surface area contributed by atoms with Crippen molar-refractivity contribution in [2.45, 2.75) is 11.4 Å². The van der Waals surface area contributed by atoms with Gasteiger partial charge in [0.25, 0.3) is 21.6 Å². The van der Waals surface area contributed by atoms with E-state index in [-0.39, 0.29) is 34.1 Å². The molecule has 0 radical (unpaired) electrons. The summed E-state index contributed by atoms with van der Waals surface area (Å²) in [6, 6.07) is 22.2. The number of benzene rings is 3. The van der Waals surface area contributed by atoms with Gasteiger partial charge in [0.05, 0.1) is 26.8 Å². The van der Waals surface area contributed by atoms with Gasteiger partial charge in [-0.05, 0) is 42.0 Å². The Hall–Kier alpha value is -5.10. The lowest BCUT2D eigenvalue weighted by Gasteiger charge is -2.24. The maximum atomic E-state index is 13.5. The maximum Gasteiger partial charge on any atom is 0.271 e. The van der Waals surface area contributed by atoms with Crippen molar-refractivity contribution in [2.24, 2.45) is 0 Å². The van der Waals surface area contributed by atoms with Gasteiger partial charge in [-0.2, -0.15) is 0 Å². The van der Waals surface area contributed by atoms with Crippen LogP contribution in [0.1, 0.15) is 15.9 Å². The van der Waals surface area contributed by atoms with Crippen molar-refractivity contribution in [3.8, 4) is 0 Å². The first kappa shape index (κ1) is 26.9. The Kier molecular flexibility index (Phi) is 8.27. The highest BCUT2D eigenvalue weighted by Gasteiger charge is 2.28. The second-order valence-electron chi connectivity index (χ2n) is 8.24. The van der Waals surface area contributed by atoms with Crippen LogP contribution in [0.4, 0.5) is 17.1 Å². The number of sulfonamides is 1. The maximum absolute atomic E-state index is 13.5. The summed E-state index contributed by atoms with van der Waals surface area (Å²) < 4.78 is 27.8. The number of nitrogens with one attached hydrogen (secondary N) is 2. The highest BCUT2D eigenvalue weighted by molar-refractivity contribution is 7.92. The van der Waals surface area contributed by atoms with Gasteiger partial charge in [-0.3, -0.25) is 29.0 Å². The lowest BCUT2D eigenvalue weighted by Crippen LogP contribution is -2.38. The molecule has 2 N–H and O–H groups in total. The van der Waals surface area contributed by atoms with Gasteiger partial charge < -0.3 is 10.6 Å². The first-order valence-corrected chi connectivity index (χ1v) is 13.1. The number of pyridine rings is 1. The van der Waals surface area contributed by atoms with Crippen LogP contribution in [-0.4, -0.2) is 36.7 Å². The Labute approximate surface area is 224 Å². The Bertz CT molecular complexity index is 1600. The number of amides is 2. The van der Waals surface area contributed by atoms with Crippen molar-refractivity contribution in [3.05, 3.63) is 125 Å². The number of carbonyl (C=O) groups is 2. The number of anilines is 2. The average Bonchev–Trinajstić information content (AvgIpc) is 2.96. The highest BCUT2D eigenvalue weighted by atomic mass is 32.2. The third-order valence-corrected chi connectivity index (χ3v) is 7.36. The minimum atomic E-state index is -4.28. The Morgan fingerprint density at radius 2 is 1.67 bits per heavy atom. The molecule has 4 aromatic rings. The number of aromatic nitrogens is 1. The molecular formula is C27H23N5O6S. The molecule has 0 fully saturated rings. The first-order valence-electron chi connectivity index (χ1n) is 11.6. The van der Waals surface area contributed by atoms with Crippen LogP contribution in [0.2, 0.25) is 0 Å². The quantitative estimate of drug-likeness (QED) is 0.227. The van der Waals surface area contributed by atoms with E-state index in [4.69, 9.17) is 0 Å². The smallest absolute Gasteiger partial charge is 0.271 e. The second-order valence-corrected chi connectivity index (χ2v) is 10.1. The van der Waals surface area contributed by atoms with E-state index in [0.29, 0.717) is 0 Å². The molecule has 0 saturated heterocycles. The summed E-state index contributed by atoms with van der Waals surface area (Å²) in [5, 5.41) is 16.7. The van der Waals surface area contributed by atoms with Gasteiger partial charge in [-0.25, -0.2) is 8.42 Å². The van der Waals surface area contributed by atoms with E-state index in [1.54, 1.807) is 42.7 Å². The second kappa shape index (κ2) is 12.0. The van der Waals surface area contributed by atoms with Crippen LogP contribution >= 0.6 is 0 Å². The summed E-state index contributed by atoms with van der Waals surface area (Å²) in [4.78, 5) is 40.6. The monoisotopic (exact) mass is 545 g/mol. The fraction of sp³-hybridized carbons (Fsp3) is 0.0741. The van der Waals surface area contributed by atoms with Crippen molar-refractivity contribution in [2.75, 3.05) is 16.2 Å². The minimum absolute atomic E-state index is 0.0642. The molecule has 0 unspecified atom stereocenters. The fourth-order valence-electron chi connectivity index (χ4n) is 3.69. The van der Waals surface area contributed by atoms with E-state index < -0.39 is 33.3 Å². The molecule has 12 heteroatoms. The van der Waals surface area contributed by atoms with Gasteiger partial charge in [0.2, 0.25) is 5.91 Å². The number of nitro groups is 1. The minimum Gasteiger partial charge on any atom is -0.348 e. The molecule has 0 aliphatic rings. The summed E-state index contributed by atoms with van der Waals surface area (Å²) in [5.41, 5.74) is 0.721. The van der Waals surface area contributed by atoms with Crippen molar-refractivity contribution < 1.29 is 22.9 Å². The lowest BCUT2D eigenvalue weighted by molar-refractivity contribution is -0.384. The van der Waals surface area contributed by atoms with Crippen LogP contribution in [-0.2, 0) is 21.4 Å². The Morgan fingerprint density at radius 1 is 0.923 bits per heavy atom.